The second-order valence-electron chi connectivity index (χ2n) is 4.44. The van der Waals surface area contributed by atoms with Crippen molar-refractivity contribution in [1.82, 2.24) is 5.27 Å². The Morgan fingerprint density at radius 3 is 2.75 bits per heavy atom. The van der Waals surface area contributed by atoms with Gasteiger partial charge in [0, 0.05) is 11.3 Å². The molecule has 1 aromatic heterocycles. The van der Waals surface area contributed by atoms with Gasteiger partial charge in [0.2, 0.25) is 5.69 Å². The van der Waals surface area contributed by atoms with E-state index >= 15 is 0 Å². The van der Waals surface area contributed by atoms with E-state index in [2.05, 4.69) is 18.4 Å². The minimum absolute atomic E-state index is 0.155. The lowest BCUT2D eigenvalue weighted by Crippen LogP contribution is -2.43. The molecule has 2 rings (SSSR count). The Hall–Kier alpha value is -2.02. The minimum atomic E-state index is -0.763. The van der Waals surface area contributed by atoms with Gasteiger partial charge in [-0.15, -0.1) is 0 Å². The van der Waals surface area contributed by atoms with Gasteiger partial charge in [-0.25, -0.2) is 4.79 Å². The molecule has 107 valence electrons. The maximum Gasteiger partial charge on any atom is 0.490 e. The van der Waals surface area contributed by atoms with Gasteiger partial charge in [0.1, 0.15) is 5.75 Å². The van der Waals surface area contributed by atoms with Gasteiger partial charge in [0.15, 0.2) is 0 Å². The largest absolute Gasteiger partial charge is 0.497 e. The van der Waals surface area contributed by atoms with E-state index in [-0.39, 0.29) is 5.88 Å². The van der Waals surface area contributed by atoms with Crippen molar-refractivity contribution in [2.45, 2.75) is 20.0 Å². The molecule has 0 aliphatic rings. The van der Waals surface area contributed by atoms with E-state index in [0.29, 0.717) is 6.61 Å². The fraction of sp³-hybridized carbons (Fsp3) is 0.385. The first-order chi connectivity index (χ1) is 9.58. The van der Waals surface area contributed by atoms with Crippen LogP contribution >= 0.6 is 0 Å². The molecule has 0 aliphatic carbocycles. The van der Waals surface area contributed by atoms with Crippen molar-refractivity contribution < 1.29 is 18.7 Å². The molecule has 0 aliphatic heterocycles. The third-order valence-electron chi connectivity index (χ3n) is 2.87. The van der Waals surface area contributed by atoms with Crippen molar-refractivity contribution in [3.05, 3.63) is 28.6 Å². The van der Waals surface area contributed by atoms with Gasteiger partial charge in [-0.3, -0.25) is 4.52 Å². The number of ether oxygens (including phenoxy) is 2. The van der Waals surface area contributed by atoms with Crippen molar-refractivity contribution in [2.75, 3.05) is 13.7 Å². The van der Waals surface area contributed by atoms with E-state index in [1.54, 1.807) is 7.11 Å². The highest BCUT2D eigenvalue weighted by atomic mass is 28.3. The fourth-order valence-corrected chi connectivity index (χ4v) is 3.06. The summed E-state index contributed by atoms with van der Waals surface area (Å²) in [6, 6.07) is 5.72. The van der Waals surface area contributed by atoms with E-state index in [0.717, 1.165) is 16.6 Å². The Morgan fingerprint density at radius 2 is 2.15 bits per heavy atom. The Kier molecular flexibility index (Phi) is 4.28. The lowest BCUT2D eigenvalue weighted by atomic mass is 10.3. The van der Waals surface area contributed by atoms with Crippen LogP contribution in [0, 0.1) is 0 Å². The van der Waals surface area contributed by atoms with Crippen molar-refractivity contribution in [1.29, 1.82) is 0 Å². The molecule has 0 spiro atoms. The summed E-state index contributed by atoms with van der Waals surface area (Å²) in [5.41, 5.74) is 0.327. The standard InChI is InChI=1S/C13H17N2O4Si/c1-5-18-12-13(16)19-14-15(12)10-7-6-9(17-2)8-11(10)20(3)4/h6-8H,5H2,1-4H3/p+1. The minimum Gasteiger partial charge on any atom is -0.497 e. The molecular formula is C13H18N2O4Si+. The number of nitrogens with one attached hydrogen (secondary N) is 1. The Labute approximate surface area is 118 Å². The monoisotopic (exact) mass is 294 g/mol. The summed E-state index contributed by atoms with van der Waals surface area (Å²) in [4.78, 5) is 11.6. The molecule has 2 aromatic rings. The van der Waals surface area contributed by atoms with E-state index < -0.39 is 14.4 Å². The molecular weight excluding hydrogens is 276 g/mol. The molecule has 0 saturated heterocycles. The smallest absolute Gasteiger partial charge is 0.490 e. The molecule has 0 saturated carbocycles. The molecule has 0 unspecified atom stereocenters. The van der Waals surface area contributed by atoms with Gasteiger partial charge >= 0.3 is 11.5 Å². The third-order valence-corrected chi connectivity index (χ3v) is 4.35. The molecule has 0 bridgehead atoms. The summed E-state index contributed by atoms with van der Waals surface area (Å²) in [6.45, 7) is 6.55. The number of rotatable bonds is 5. The first-order valence-corrected chi connectivity index (χ1v) is 8.83. The highest BCUT2D eigenvalue weighted by Crippen LogP contribution is 2.12. The molecule has 6 nitrogen and oxygen atoms in total. The Bertz CT molecular complexity index is 648. The van der Waals surface area contributed by atoms with Crippen LogP contribution in [-0.4, -0.2) is 27.8 Å². The number of nitrogens with zero attached hydrogens (tertiary/aromatic N) is 1. The van der Waals surface area contributed by atoms with Crippen LogP contribution in [-0.2, 0) is 0 Å². The molecule has 1 N–H and O–H groups in total. The lowest BCUT2D eigenvalue weighted by Gasteiger charge is -2.08. The number of methoxy groups -OCH3 is 1. The maximum absolute atomic E-state index is 11.6. The molecule has 0 atom stereocenters. The summed E-state index contributed by atoms with van der Waals surface area (Å²) in [7, 11) is 0.871. The van der Waals surface area contributed by atoms with Gasteiger partial charge in [-0.05, 0) is 29.0 Å². The van der Waals surface area contributed by atoms with Crippen LogP contribution in [0.5, 0.6) is 11.6 Å². The van der Waals surface area contributed by atoms with Crippen molar-refractivity contribution in [2.24, 2.45) is 0 Å². The zero-order valence-corrected chi connectivity index (χ0v) is 13.0. The van der Waals surface area contributed by atoms with Crippen LogP contribution in [0.2, 0.25) is 13.1 Å². The topological polar surface area (TPSA) is 68.3 Å². The Morgan fingerprint density at radius 1 is 1.40 bits per heavy atom. The molecule has 20 heavy (non-hydrogen) atoms. The summed E-state index contributed by atoms with van der Waals surface area (Å²) in [5.74, 6) is 0.946. The molecule has 1 aromatic carbocycles. The summed E-state index contributed by atoms with van der Waals surface area (Å²) < 4.78 is 17.0. The van der Waals surface area contributed by atoms with Crippen molar-refractivity contribution in [3.8, 4) is 17.3 Å². The van der Waals surface area contributed by atoms with Gasteiger partial charge in [0.25, 0.3) is 0 Å². The first-order valence-electron chi connectivity index (χ1n) is 6.33. The van der Waals surface area contributed by atoms with Crippen LogP contribution in [0.15, 0.2) is 27.5 Å². The normalized spacial score (nSPS) is 10.8. The summed E-state index contributed by atoms with van der Waals surface area (Å²) in [5, 5.41) is 3.71. The van der Waals surface area contributed by atoms with Crippen molar-refractivity contribution in [3.63, 3.8) is 0 Å². The second-order valence-corrected chi connectivity index (χ2v) is 6.98. The van der Waals surface area contributed by atoms with Crippen molar-refractivity contribution >= 4 is 14.0 Å². The zero-order chi connectivity index (χ0) is 14.7. The number of hydrogen-bond acceptors (Lipinski definition) is 4. The van der Waals surface area contributed by atoms with E-state index in [9.17, 15) is 4.79 Å². The average molecular weight is 294 g/mol. The molecule has 7 heteroatoms. The van der Waals surface area contributed by atoms with E-state index in [4.69, 9.17) is 14.0 Å². The quantitative estimate of drug-likeness (QED) is 0.648. The van der Waals surface area contributed by atoms with Crippen LogP contribution in [0.4, 0.5) is 0 Å². The maximum atomic E-state index is 11.6. The SMILES string of the molecule is CCOc1c(=O)o[nH][n+]1-c1ccc(OC)cc1[Si](C)C. The predicted octanol–water partition coefficient (Wildman–Crippen LogP) is 0.613. The lowest BCUT2D eigenvalue weighted by molar-refractivity contribution is -0.674. The third kappa shape index (κ3) is 2.62. The number of benzene rings is 1. The summed E-state index contributed by atoms with van der Waals surface area (Å²) >= 11 is 0. The number of aromatic nitrogens is 2. The van der Waals surface area contributed by atoms with Crippen LogP contribution in [0.1, 0.15) is 6.92 Å². The number of aromatic amines is 1. The van der Waals surface area contributed by atoms with Crippen LogP contribution in [0.25, 0.3) is 5.69 Å². The molecule has 0 amide bonds. The van der Waals surface area contributed by atoms with E-state index in [1.807, 2.05) is 25.1 Å². The molecule has 1 radical (unpaired) electrons. The van der Waals surface area contributed by atoms with Crippen LogP contribution in [0.3, 0.4) is 0 Å². The number of H-pyrrole nitrogens is 1. The molecule has 0 fully saturated rings. The zero-order valence-electron chi connectivity index (χ0n) is 12.0. The van der Waals surface area contributed by atoms with Gasteiger partial charge in [0.05, 0.1) is 22.5 Å². The first kappa shape index (κ1) is 14.4. The van der Waals surface area contributed by atoms with Gasteiger partial charge < -0.3 is 9.47 Å². The number of hydrogen-bond donors (Lipinski definition) is 1. The average Bonchev–Trinajstić information content (AvgIpc) is 2.80. The van der Waals surface area contributed by atoms with Crippen LogP contribution < -0.4 is 25.0 Å². The second kappa shape index (κ2) is 5.95. The fourth-order valence-electron chi connectivity index (χ4n) is 1.92. The summed E-state index contributed by atoms with van der Waals surface area (Å²) in [6.07, 6.45) is 0. The predicted molar refractivity (Wildman–Crippen MR) is 75.7 cm³/mol. The van der Waals surface area contributed by atoms with Gasteiger partial charge in [-0.2, -0.15) is 0 Å². The highest BCUT2D eigenvalue weighted by Gasteiger charge is 2.28. The Balaban J connectivity index is 2.60. The highest BCUT2D eigenvalue weighted by molar-refractivity contribution is 6.71. The van der Waals surface area contributed by atoms with Gasteiger partial charge in [-0.1, -0.05) is 13.1 Å². The van der Waals surface area contributed by atoms with E-state index in [1.165, 1.54) is 4.68 Å². The molecule has 1 heterocycles.